The first-order valence-corrected chi connectivity index (χ1v) is 5.30. The molecular weight excluding hydrogens is 263 g/mol. The Bertz CT molecular complexity index is 465. The fraction of sp³-hybridized carbons (Fsp3) is 0.100. The van der Waals surface area contributed by atoms with Crippen LogP contribution in [0.2, 0.25) is 5.02 Å². The maximum atomic E-state index is 5.92. The molecular formula is C10H8BrClN2. The first-order chi connectivity index (χ1) is 6.66. The van der Waals surface area contributed by atoms with Crippen molar-refractivity contribution < 1.29 is 0 Å². The Balaban J connectivity index is 2.55. The lowest BCUT2D eigenvalue weighted by Crippen LogP contribution is -1.96. The quantitative estimate of drug-likeness (QED) is 0.775. The highest BCUT2D eigenvalue weighted by molar-refractivity contribution is 9.10. The second kappa shape index (κ2) is 3.75. The number of aromatic nitrogens is 2. The minimum absolute atomic E-state index is 0.720. The Kier molecular flexibility index (Phi) is 2.61. The van der Waals surface area contributed by atoms with Crippen molar-refractivity contribution in [1.82, 2.24) is 9.78 Å². The van der Waals surface area contributed by atoms with Crippen molar-refractivity contribution in [3.63, 3.8) is 0 Å². The summed E-state index contributed by atoms with van der Waals surface area (Å²) >= 11 is 9.28. The summed E-state index contributed by atoms with van der Waals surface area (Å²) in [4.78, 5) is 0. The van der Waals surface area contributed by atoms with E-state index >= 15 is 0 Å². The predicted molar refractivity (Wildman–Crippen MR) is 61.0 cm³/mol. The molecule has 0 aliphatic rings. The van der Waals surface area contributed by atoms with Crippen molar-refractivity contribution in [2.75, 3.05) is 0 Å². The normalized spacial score (nSPS) is 10.5. The fourth-order valence-electron chi connectivity index (χ4n) is 1.26. The Morgan fingerprint density at radius 3 is 2.86 bits per heavy atom. The van der Waals surface area contributed by atoms with E-state index in [1.54, 1.807) is 10.9 Å². The SMILES string of the molecule is Cc1ccc(Cl)cc1-n1cc(Br)cn1. The molecule has 0 saturated carbocycles. The average Bonchev–Trinajstić information content (AvgIpc) is 2.56. The van der Waals surface area contributed by atoms with E-state index in [2.05, 4.69) is 21.0 Å². The third-order valence-corrected chi connectivity index (χ3v) is 2.61. The Labute approximate surface area is 95.6 Å². The number of aryl methyl sites for hydroxylation is 1. The summed E-state index contributed by atoms with van der Waals surface area (Å²) in [6, 6.07) is 5.75. The molecule has 0 atom stereocenters. The van der Waals surface area contributed by atoms with Crippen LogP contribution in [-0.2, 0) is 0 Å². The highest BCUT2D eigenvalue weighted by Gasteiger charge is 2.03. The van der Waals surface area contributed by atoms with Gasteiger partial charge in [-0.15, -0.1) is 0 Å². The molecule has 0 aliphatic heterocycles. The molecule has 0 unspecified atom stereocenters. The summed E-state index contributed by atoms with van der Waals surface area (Å²) in [5.74, 6) is 0. The summed E-state index contributed by atoms with van der Waals surface area (Å²) < 4.78 is 2.75. The van der Waals surface area contributed by atoms with Gasteiger partial charge in [0.2, 0.25) is 0 Å². The predicted octanol–water partition coefficient (Wildman–Crippen LogP) is 3.60. The van der Waals surface area contributed by atoms with Crippen LogP contribution in [0.4, 0.5) is 0 Å². The van der Waals surface area contributed by atoms with Crippen molar-refractivity contribution in [1.29, 1.82) is 0 Å². The lowest BCUT2D eigenvalue weighted by molar-refractivity contribution is 0.872. The van der Waals surface area contributed by atoms with Crippen LogP contribution in [-0.4, -0.2) is 9.78 Å². The summed E-state index contributed by atoms with van der Waals surface area (Å²) in [6.45, 7) is 2.03. The van der Waals surface area contributed by atoms with Crippen molar-refractivity contribution in [2.45, 2.75) is 6.92 Å². The summed E-state index contributed by atoms with van der Waals surface area (Å²) in [5.41, 5.74) is 2.15. The largest absolute Gasteiger partial charge is 0.239 e. The van der Waals surface area contributed by atoms with Gasteiger partial charge in [0.1, 0.15) is 0 Å². The Hall–Kier alpha value is -0.800. The third kappa shape index (κ3) is 1.83. The van der Waals surface area contributed by atoms with E-state index in [-0.39, 0.29) is 0 Å². The van der Waals surface area contributed by atoms with Gasteiger partial charge in [-0.1, -0.05) is 17.7 Å². The second-order valence-electron chi connectivity index (χ2n) is 3.03. The highest BCUT2D eigenvalue weighted by Crippen LogP contribution is 2.20. The van der Waals surface area contributed by atoms with Gasteiger partial charge in [0.25, 0.3) is 0 Å². The van der Waals surface area contributed by atoms with E-state index in [0.29, 0.717) is 0 Å². The molecule has 0 amide bonds. The van der Waals surface area contributed by atoms with Crippen molar-refractivity contribution >= 4 is 27.5 Å². The van der Waals surface area contributed by atoms with Crippen LogP contribution in [0, 0.1) is 6.92 Å². The van der Waals surface area contributed by atoms with Crippen LogP contribution in [0.25, 0.3) is 5.69 Å². The van der Waals surface area contributed by atoms with Crippen LogP contribution in [0.5, 0.6) is 0 Å². The zero-order valence-electron chi connectivity index (χ0n) is 7.54. The van der Waals surface area contributed by atoms with Gasteiger partial charge < -0.3 is 0 Å². The topological polar surface area (TPSA) is 17.8 Å². The van der Waals surface area contributed by atoms with Crippen LogP contribution in [0.3, 0.4) is 0 Å². The summed E-state index contributed by atoms with van der Waals surface area (Å²) in [7, 11) is 0. The van der Waals surface area contributed by atoms with Crippen LogP contribution in [0.1, 0.15) is 5.56 Å². The molecule has 1 aromatic carbocycles. The monoisotopic (exact) mass is 270 g/mol. The summed E-state index contributed by atoms with van der Waals surface area (Å²) in [6.07, 6.45) is 3.65. The Morgan fingerprint density at radius 1 is 1.43 bits per heavy atom. The lowest BCUT2D eigenvalue weighted by atomic mass is 10.2. The minimum Gasteiger partial charge on any atom is -0.239 e. The van der Waals surface area contributed by atoms with Crippen LogP contribution in [0.15, 0.2) is 35.1 Å². The van der Waals surface area contributed by atoms with Crippen molar-refractivity contribution in [3.05, 3.63) is 45.7 Å². The lowest BCUT2D eigenvalue weighted by Gasteiger charge is -2.05. The van der Waals surface area contributed by atoms with Gasteiger partial charge >= 0.3 is 0 Å². The highest BCUT2D eigenvalue weighted by atomic mass is 79.9. The number of nitrogens with zero attached hydrogens (tertiary/aromatic N) is 2. The van der Waals surface area contributed by atoms with Gasteiger partial charge in [0.15, 0.2) is 0 Å². The van der Waals surface area contributed by atoms with E-state index in [1.165, 1.54) is 0 Å². The second-order valence-corrected chi connectivity index (χ2v) is 4.39. The molecule has 14 heavy (non-hydrogen) atoms. The average molecular weight is 272 g/mol. The Morgan fingerprint density at radius 2 is 2.21 bits per heavy atom. The van der Waals surface area contributed by atoms with E-state index < -0.39 is 0 Å². The minimum atomic E-state index is 0.720. The molecule has 4 heteroatoms. The molecule has 0 saturated heterocycles. The molecule has 72 valence electrons. The van der Waals surface area contributed by atoms with Crippen LogP contribution >= 0.6 is 27.5 Å². The van der Waals surface area contributed by atoms with Crippen LogP contribution < -0.4 is 0 Å². The molecule has 0 aliphatic carbocycles. The standard InChI is InChI=1S/C10H8BrClN2/c1-7-2-3-9(12)4-10(7)14-6-8(11)5-13-14/h2-6H,1H3. The molecule has 0 radical (unpaired) electrons. The maximum Gasteiger partial charge on any atom is 0.0689 e. The van der Waals surface area contributed by atoms with E-state index in [1.807, 2.05) is 31.3 Å². The first-order valence-electron chi connectivity index (χ1n) is 4.13. The molecule has 0 fully saturated rings. The van der Waals surface area contributed by atoms with Crippen molar-refractivity contribution in [2.24, 2.45) is 0 Å². The molecule has 0 N–H and O–H groups in total. The molecule has 0 bridgehead atoms. The maximum absolute atomic E-state index is 5.92. The number of benzene rings is 1. The zero-order chi connectivity index (χ0) is 10.1. The van der Waals surface area contributed by atoms with Gasteiger partial charge in [0.05, 0.1) is 16.4 Å². The number of rotatable bonds is 1. The van der Waals surface area contributed by atoms with Gasteiger partial charge in [-0.3, -0.25) is 0 Å². The number of hydrogen-bond donors (Lipinski definition) is 0. The number of halogens is 2. The smallest absolute Gasteiger partial charge is 0.0689 e. The van der Waals surface area contributed by atoms with E-state index in [9.17, 15) is 0 Å². The third-order valence-electron chi connectivity index (χ3n) is 1.97. The summed E-state index contributed by atoms with van der Waals surface area (Å²) in [5, 5.41) is 4.92. The molecule has 2 nitrogen and oxygen atoms in total. The van der Waals surface area contributed by atoms with E-state index in [0.717, 1.165) is 20.7 Å². The van der Waals surface area contributed by atoms with Gasteiger partial charge in [0, 0.05) is 11.2 Å². The molecule has 2 aromatic rings. The molecule has 1 aromatic heterocycles. The zero-order valence-corrected chi connectivity index (χ0v) is 9.88. The van der Waals surface area contributed by atoms with E-state index in [4.69, 9.17) is 11.6 Å². The molecule has 2 rings (SSSR count). The van der Waals surface area contributed by atoms with Gasteiger partial charge in [-0.05, 0) is 40.5 Å². The van der Waals surface area contributed by atoms with Crippen molar-refractivity contribution in [3.8, 4) is 5.69 Å². The molecule has 1 heterocycles. The fourth-order valence-corrected chi connectivity index (χ4v) is 1.71. The molecule has 0 spiro atoms. The first kappa shape index (κ1) is 9.74. The van der Waals surface area contributed by atoms with Gasteiger partial charge in [-0.2, -0.15) is 5.10 Å². The number of hydrogen-bond acceptors (Lipinski definition) is 1. The van der Waals surface area contributed by atoms with Gasteiger partial charge in [-0.25, -0.2) is 4.68 Å².